The Labute approximate surface area is 144 Å². The molecule has 0 unspecified atom stereocenters. The first kappa shape index (κ1) is 15.1. The Balaban J connectivity index is 1.68. The van der Waals surface area contributed by atoms with Crippen LogP contribution in [0.15, 0.2) is 67.3 Å². The van der Waals surface area contributed by atoms with Crippen LogP contribution in [0.2, 0.25) is 0 Å². The van der Waals surface area contributed by atoms with Gasteiger partial charge in [0.1, 0.15) is 12.1 Å². The third-order valence-electron chi connectivity index (χ3n) is 3.90. The minimum absolute atomic E-state index is 0.508. The van der Waals surface area contributed by atoms with E-state index < -0.39 is 0 Å². The van der Waals surface area contributed by atoms with Crippen molar-refractivity contribution in [3.63, 3.8) is 0 Å². The summed E-state index contributed by atoms with van der Waals surface area (Å²) < 4.78 is 7.59. The molecule has 4 rings (SSSR count). The molecule has 4 aromatic rings. The number of rotatable bonds is 5. The van der Waals surface area contributed by atoms with Crippen LogP contribution >= 0.6 is 0 Å². The molecule has 0 saturated carbocycles. The van der Waals surface area contributed by atoms with Gasteiger partial charge < -0.3 is 10.5 Å². The minimum atomic E-state index is 0.508. The molecule has 2 aromatic heterocycles. The van der Waals surface area contributed by atoms with Crippen molar-refractivity contribution in [1.29, 1.82) is 0 Å². The zero-order chi connectivity index (χ0) is 17.1. The number of para-hydroxylation sites is 1. The van der Waals surface area contributed by atoms with E-state index in [2.05, 4.69) is 15.0 Å². The van der Waals surface area contributed by atoms with E-state index in [-0.39, 0.29) is 0 Å². The molecule has 2 N–H and O–H groups in total. The highest BCUT2D eigenvalue weighted by atomic mass is 16.5. The first-order chi connectivity index (χ1) is 12.3. The average Bonchev–Trinajstić information content (AvgIpc) is 3.17. The fourth-order valence-electron chi connectivity index (χ4n) is 2.73. The van der Waals surface area contributed by atoms with Gasteiger partial charge in [-0.15, -0.1) is 0 Å². The molecule has 0 saturated heterocycles. The molecule has 0 amide bonds. The van der Waals surface area contributed by atoms with Crippen LogP contribution < -0.4 is 10.5 Å². The lowest BCUT2D eigenvalue weighted by molar-refractivity contribution is 0.321. The maximum atomic E-state index is 6.17. The van der Waals surface area contributed by atoms with E-state index in [0.29, 0.717) is 24.7 Å². The Morgan fingerprint density at radius 1 is 1.00 bits per heavy atom. The Hall–Kier alpha value is -3.41. The maximum absolute atomic E-state index is 6.17. The zero-order valence-corrected chi connectivity index (χ0v) is 13.5. The van der Waals surface area contributed by atoms with Gasteiger partial charge in [0.05, 0.1) is 17.8 Å². The normalized spacial score (nSPS) is 10.9. The highest BCUT2D eigenvalue weighted by Crippen LogP contribution is 2.24. The highest BCUT2D eigenvalue weighted by Gasteiger charge is 2.11. The topological polar surface area (TPSA) is 78.9 Å². The second-order valence-electron chi connectivity index (χ2n) is 5.59. The van der Waals surface area contributed by atoms with E-state index >= 15 is 0 Å². The Morgan fingerprint density at radius 2 is 1.88 bits per heavy atom. The molecule has 6 heteroatoms. The number of nitrogens with zero attached hydrogens (tertiary/aromatic N) is 4. The summed E-state index contributed by atoms with van der Waals surface area (Å²) in [5.74, 6) is 1.41. The van der Waals surface area contributed by atoms with Gasteiger partial charge in [-0.05, 0) is 24.3 Å². The summed E-state index contributed by atoms with van der Waals surface area (Å²) in [4.78, 5) is 13.3. The molecule has 0 radical (unpaired) electrons. The van der Waals surface area contributed by atoms with Crippen LogP contribution in [0.3, 0.4) is 0 Å². The number of anilines is 1. The Bertz CT molecular complexity index is 984. The van der Waals surface area contributed by atoms with Crippen LogP contribution in [-0.2, 0) is 6.42 Å². The van der Waals surface area contributed by atoms with Crippen LogP contribution in [-0.4, -0.2) is 26.1 Å². The smallest absolute Gasteiger partial charge is 0.235 e. The van der Waals surface area contributed by atoms with Gasteiger partial charge in [-0.1, -0.05) is 24.3 Å². The number of nitrogens with two attached hydrogens (primary N) is 1. The number of hydrogen-bond donors (Lipinski definition) is 1. The molecular weight excluding hydrogens is 314 g/mol. The van der Waals surface area contributed by atoms with Crippen LogP contribution in [0.1, 0.15) is 5.69 Å². The molecule has 0 atom stereocenters. The monoisotopic (exact) mass is 331 g/mol. The number of nitrogen functional groups attached to an aromatic ring is 1. The molecule has 2 heterocycles. The van der Waals surface area contributed by atoms with Gasteiger partial charge in [-0.3, -0.25) is 4.57 Å². The molecule has 0 aliphatic heterocycles. The van der Waals surface area contributed by atoms with Gasteiger partial charge in [0.25, 0.3) is 0 Å². The second kappa shape index (κ2) is 6.60. The van der Waals surface area contributed by atoms with Gasteiger partial charge >= 0.3 is 0 Å². The number of fused-ring (bicyclic) bond motifs is 1. The summed E-state index contributed by atoms with van der Waals surface area (Å²) >= 11 is 0. The number of hydrogen-bond acceptors (Lipinski definition) is 5. The van der Waals surface area contributed by atoms with Gasteiger partial charge in [0, 0.05) is 29.9 Å². The molecule has 0 aliphatic rings. The van der Waals surface area contributed by atoms with Crippen molar-refractivity contribution in [3.8, 4) is 11.7 Å². The lowest BCUT2D eigenvalue weighted by Gasteiger charge is -2.11. The zero-order valence-electron chi connectivity index (χ0n) is 13.5. The molecule has 25 heavy (non-hydrogen) atoms. The Morgan fingerprint density at radius 3 is 2.68 bits per heavy atom. The van der Waals surface area contributed by atoms with E-state index in [1.165, 1.54) is 0 Å². The van der Waals surface area contributed by atoms with E-state index in [1.54, 1.807) is 17.1 Å². The molecule has 124 valence electrons. The summed E-state index contributed by atoms with van der Waals surface area (Å²) in [6, 6.07) is 15.4. The highest BCUT2D eigenvalue weighted by molar-refractivity contribution is 5.92. The largest absolute Gasteiger partial charge is 0.493 e. The number of ether oxygens (including phenoxy) is 1. The SMILES string of the molecule is Nc1cccc2nc(-n3ccnc3)nc(CCOc3ccccc3)c12. The van der Waals surface area contributed by atoms with Crippen molar-refractivity contribution in [2.45, 2.75) is 6.42 Å². The molecule has 2 aromatic carbocycles. The van der Waals surface area contributed by atoms with E-state index in [1.807, 2.05) is 54.7 Å². The van der Waals surface area contributed by atoms with Crippen molar-refractivity contribution in [2.24, 2.45) is 0 Å². The van der Waals surface area contributed by atoms with Crippen LogP contribution in [0, 0.1) is 0 Å². The number of imidazole rings is 1. The lowest BCUT2D eigenvalue weighted by Crippen LogP contribution is -2.09. The molecule has 0 aliphatic carbocycles. The first-order valence-corrected chi connectivity index (χ1v) is 8.02. The number of benzene rings is 2. The molecule has 0 spiro atoms. The standard InChI is InChI=1S/C19H17N5O/c20-15-7-4-8-16-18(15)17(9-12-25-14-5-2-1-3-6-14)23-19(22-16)24-11-10-21-13-24/h1-8,10-11,13H,9,12,20H2. The summed E-state index contributed by atoms with van der Waals surface area (Å²) in [6.07, 6.45) is 5.82. The first-order valence-electron chi connectivity index (χ1n) is 8.02. The maximum Gasteiger partial charge on any atom is 0.235 e. The second-order valence-corrected chi connectivity index (χ2v) is 5.59. The van der Waals surface area contributed by atoms with Crippen LogP contribution in [0.5, 0.6) is 5.75 Å². The predicted molar refractivity (Wildman–Crippen MR) is 96.7 cm³/mol. The van der Waals surface area contributed by atoms with Crippen molar-refractivity contribution in [2.75, 3.05) is 12.3 Å². The van der Waals surface area contributed by atoms with Crippen molar-refractivity contribution >= 4 is 16.6 Å². The molecule has 0 bridgehead atoms. The summed E-state index contributed by atoms with van der Waals surface area (Å²) in [5, 5.41) is 0.878. The third-order valence-corrected chi connectivity index (χ3v) is 3.90. The van der Waals surface area contributed by atoms with E-state index in [0.717, 1.165) is 22.3 Å². The summed E-state index contributed by atoms with van der Waals surface area (Å²) in [6.45, 7) is 0.508. The van der Waals surface area contributed by atoms with Gasteiger partial charge in [0.15, 0.2) is 0 Å². The third kappa shape index (κ3) is 3.14. The molecule has 0 fully saturated rings. The molecular formula is C19H17N5O. The van der Waals surface area contributed by atoms with Gasteiger partial charge in [-0.2, -0.15) is 0 Å². The van der Waals surface area contributed by atoms with Crippen LogP contribution in [0.25, 0.3) is 16.9 Å². The van der Waals surface area contributed by atoms with Gasteiger partial charge in [0.2, 0.25) is 5.95 Å². The lowest BCUT2D eigenvalue weighted by atomic mass is 10.1. The fourth-order valence-corrected chi connectivity index (χ4v) is 2.73. The van der Waals surface area contributed by atoms with E-state index in [4.69, 9.17) is 10.5 Å². The molecule has 6 nitrogen and oxygen atoms in total. The predicted octanol–water partition coefficient (Wildman–Crippen LogP) is 3.02. The van der Waals surface area contributed by atoms with Crippen molar-refractivity contribution in [3.05, 3.63) is 72.9 Å². The van der Waals surface area contributed by atoms with Crippen molar-refractivity contribution in [1.82, 2.24) is 19.5 Å². The van der Waals surface area contributed by atoms with E-state index in [9.17, 15) is 0 Å². The fraction of sp³-hybridized carbons (Fsp3) is 0.105. The van der Waals surface area contributed by atoms with Crippen LogP contribution in [0.4, 0.5) is 5.69 Å². The van der Waals surface area contributed by atoms with Gasteiger partial charge in [-0.25, -0.2) is 15.0 Å². The quantitative estimate of drug-likeness (QED) is 0.569. The average molecular weight is 331 g/mol. The van der Waals surface area contributed by atoms with Crippen molar-refractivity contribution < 1.29 is 4.74 Å². The summed E-state index contributed by atoms with van der Waals surface area (Å²) in [5.41, 5.74) is 8.52. The number of aromatic nitrogens is 4. The summed E-state index contributed by atoms with van der Waals surface area (Å²) in [7, 11) is 0. The minimum Gasteiger partial charge on any atom is -0.493 e. The Kier molecular flexibility index (Phi) is 4.00.